The Bertz CT molecular complexity index is 1280. The molecule has 1 N–H and O–H groups in total. The van der Waals surface area contributed by atoms with Crippen LogP contribution in [-0.4, -0.2) is 28.4 Å². The lowest BCUT2D eigenvalue weighted by atomic mass is 9.95. The van der Waals surface area contributed by atoms with E-state index >= 15 is 0 Å². The van der Waals surface area contributed by atoms with Crippen LogP contribution in [0, 0.1) is 13.8 Å². The SMILES string of the molecule is Cc1ccc(N2C(=O)C(=O)/C(=C(\O)c3ccc4c(c3)CCO4)C2c2cccnc2)c(C)c1. The van der Waals surface area contributed by atoms with Gasteiger partial charge in [0.1, 0.15) is 11.5 Å². The second-order valence-corrected chi connectivity index (χ2v) is 8.17. The van der Waals surface area contributed by atoms with Crippen molar-refractivity contribution in [3.63, 3.8) is 0 Å². The van der Waals surface area contributed by atoms with Crippen LogP contribution in [0.2, 0.25) is 0 Å². The summed E-state index contributed by atoms with van der Waals surface area (Å²) in [6.45, 7) is 4.47. The van der Waals surface area contributed by atoms with Gasteiger partial charge < -0.3 is 9.84 Å². The van der Waals surface area contributed by atoms with Gasteiger partial charge in [0.05, 0.1) is 18.2 Å². The minimum absolute atomic E-state index is 0.0573. The highest BCUT2D eigenvalue weighted by atomic mass is 16.5. The molecule has 32 heavy (non-hydrogen) atoms. The molecule has 1 fully saturated rings. The number of aromatic nitrogens is 1. The first-order chi connectivity index (χ1) is 15.5. The zero-order chi connectivity index (χ0) is 22.4. The van der Waals surface area contributed by atoms with E-state index < -0.39 is 17.7 Å². The molecule has 6 heteroatoms. The normalized spacial score (nSPS) is 19.2. The van der Waals surface area contributed by atoms with Gasteiger partial charge in [-0.1, -0.05) is 23.8 Å². The van der Waals surface area contributed by atoms with E-state index in [0.717, 1.165) is 28.9 Å². The maximum atomic E-state index is 13.3. The van der Waals surface area contributed by atoms with Crippen molar-refractivity contribution >= 4 is 23.1 Å². The van der Waals surface area contributed by atoms with E-state index in [0.29, 0.717) is 23.4 Å². The van der Waals surface area contributed by atoms with Crippen molar-refractivity contribution in [2.75, 3.05) is 11.5 Å². The van der Waals surface area contributed by atoms with Crippen LogP contribution in [0.25, 0.3) is 5.76 Å². The fourth-order valence-electron chi connectivity index (χ4n) is 4.50. The van der Waals surface area contributed by atoms with Gasteiger partial charge in [-0.3, -0.25) is 19.5 Å². The average molecular weight is 426 g/mol. The number of nitrogens with zero attached hydrogens (tertiary/aromatic N) is 2. The van der Waals surface area contributed by atoms with Crippen LogP contribution in [-0.2, 0) is 16.0 Å². The molecular formula is C26H22N2O4. The average Bonchev–Trinajstić information content (AvgIpc) is 3.36. The summed E-state index contributed by atoms with van der Waals surface area (Å²) in [6.07, 6.45) is 3.99. The van der Waals surface area contributed by atoms with Crippen LogP contribution in [0.1, 0.15) is 33.9 Å². The molecule has 0 spiro atoms. The Hall–Kier alpha value is -3.93. The number of pyridine rings is 1. The number of carbonyl (C=O) groups excluding carboxylic acids is 2. The Kier molecular flexibility index (Phi) is 4.78. The second-order valence-electron chi connectivity index (χ2n) is 8.17. The topological polar surface area (TPSA) is 79.7 Å². The molecule has 2 aliphatic rings. The molecule has 2 aliphatic heterocycles. The summed E-state index contributed by atoms with van der Waals surface area (Å²) < 4.78 is 5.55. The Labute approximate surface area is 185 Å². The number of fused-ring (bicyclic) bond motifs is 1. The van der Waals surface area contributed by atoms with Crippen LogP contribution >= 0.6 is 0 Å². The Balaban J connectivity index is 1.71. The van der Waals surface area contributed by atoms with Crippen molar-refractivity contribution in [1.29, 1.82) is 0 Å². The third-order valence-electron chi connectivity index (χ3n) is 6.02. The molecule has 5 rings (SSSR count). The van der Waals surface area contributed by atoms with Gasteiger partial charge in [-0.25, -0.2) is 0 Å². The molecule has 0 aliphatic carbocycles. The van der Waals surface area contributed by atoms with Crippen molar-refractivity contribution in [2.24, 2.45) is 0 Å². The molecule has 1 atom stereocenters. The van der Waals surface area contributed by atoms with Crippen molar-refractivity contribution in [3.05, 3.63) is 94.3 Å². The number of ether oxygens (including phenoxy) is 1. The molecule has 160 valence electrons. The molecule has 1 unspecified atom stereocenters. The van der Waals surface area contributed by atoms with Crippen LogP contribution in [0.3, 0.4) is 0 Å². The molecule has 3 aromatic rings. The van der Waals surface area contributed by atoms with Gasteiger partial charge in [0.25, 0.3) is 11.7 Å². The smallest absolute Gasteiger partial charge is 0.300 e. The van der Waals surface area contributed by atoms with Crippen molar-refractivity contribution < 1.29 is 19.4 Å². The lowest BCUT2D eigenvalue weighted by molar-refractivity contribution is -0.132. The Morgan fingerprint density at radius 2 is 1.97 bits per heavy atom. The highest BCUT2D eigenvalue weighted by molar-refractivity contribution is 6.51. The number of aliphatic hydroxyl groups excluding tert-OH is 1. The maximum absolute atomic E-state index is 13.3. The summed E-state index contributed by atoms with van der Waals surface area (Å²) in [7, 11) is 0. The predicted molar refractivity (Wildman–Crippen MR) is 121 cm³/mol. The van der Waals surface area contributed by atoms with Gasteiger partial charge in [-0.05, 0) is 60.9 Å². The summed E-state index contributed by atoms with van der Waals surface area (Å²) in [4.78, 5) is 32.2. The number of amides is 1. The molecule has 0 saturated carbocycles. The van der Waals surface area contributed by atoms with Gasteiger partial charge in [0.15, 0.2) is 0 Å². The number of hydrogen-bond donors (Lipinski definition) is 1. The zero-order valence-electron chi connectivity index (χ0n) is 17.8. The summed E-state index contributed by atoms with van der Waals surface area (Å²) in [6, 6.07) is 13.8. The summed E-state index contributed by atoms with van der Waals surface area (Å²) in [5.41, 5.74) is 4.72. The van der Waals surface area contributed by atoms with E-state index in [1.165, 1.54) is 4.90 Å². The second kappa shape index (κ2) is 7.64. The van der Waals surface area contributed by atoms with Gasteiger partial charge in [-0.15, -0.1) is 0 Å². The molecule has 0 bridgehead atoms. The quantitative estimate of drug-likeness (QED) is 0.385. The minimum atomic E-state index is -0.783. The van der Waals surface area contributed by atoms with Crippen molar-refractivity contribution in [2.45, 2.75) is 26.3 Å². The van der Waals surface area contributed by atoms with Gasteiger partial charge in [0.2, 0.25) is 0 Å². The molecule has 1 aromatic heterocycles. The lowest BCUT2D eigenvalue weighted by Gasteiger charge is -2.26. The van der Waals surface area contributed by atoms with E-state index in [1.807, 2.05) is 44.2 Å². The molecule has 3 heterocycles. The van der Waals surface area contributed by atoms with Crippen molar-refractivity contribution in [3.8, 4) is 5.75 Å². The van der Waals surface area contributed by atoms with E-state index in [2.05, 4.69) is 4.98 Å². The predicted octanol–water partition coefficient (Wildman–Crippen LogP) is 4.26. The number of benzene rings is 2. The molecule has 6 nitrogen and oxygen atoms in total. The summed E-state index contributed by atoms with van der Waals surface area (Å²) in [5, 5.41) is 11.3. The van der Waals surface area contributed by atoms with E-state index in [4.69, 9.17) is 4.74 Å². The maximum Gasteiger partial charge on any atom is 0.300 e. The van der Waals surface area contributed by atoms with Crippen molar-refractivity contribution in [1.82, 2.24) is 4.98 Å². The fourth-order valence-corrected chi connectivity index (χ4v) is 4.50. The first-order valence-corrected chi connectivity index (χ1v) is 10.5. The van der Waals surface area contributed by atoms with Gasteiger partial charge in [-0.2, -0.15) is 0 Å². The zero-order valence-corrected chi connectivity index (χ0v) is 17.8. The van der Waals surface area contributed by atoms with Gasteiger partial charge >= 0.3 is 0 Å². The first kappa shape index (κ1) is 20.0. The minimum Gasteiger partial charge on any atom is -0.507 e. The third-order valence-corrected chi connectivity index (χ3v) is 6.02. The number of aryl methyl sites for hydroxylation is 2. The molecule has 2 aromatic carbocycles. The molecule has 1 amide bonds. The number of hydrogen-bond acceptors (Lipinski definition) is 5. The number of Topliss-reactive ketones (excluding diaryl/α,β-unsaturated/α-hetero) is 1. The van der Waals surface area contributed by atoms with E-state index in [-0.39, 0.29) is 11.3 Å². The highest BCUT2D eigenvalue weighted by Gasteiger charge is 2.47. The molecule has 1 saturated heterocycles. The third kappa shape index (κ3) is 3.15. The number of anilines is 1. The molecular weight excluding hydrogens is 404 g/mol. The van der Waals surface area contributed by atoms with Gasteiger partial charge in [0, 0.05) is 30.1 Å². The first-order valence-electron chi connectivity index (χ1n) is 10.5. The van der Waals surface area contributed by atoms with E-state index in [9.17, 15) is 14.7 Å². The largest absolute Gasteiger partial charge is 0.507 e. The summed E-state index contributed by atoms with van der Waals surface area (Å²) in [5.74, 6) is -0.801. The number of carbonyl (C=O) groups is 2. The van der Waals surface area contributed by atoms with Crippen LogP contribution in [0.4, 0.5) is 5.69 Å². The fraction of sp³-hybridized carbons (Fsp3) is 0.192. The van der Waals surface area contributed by atoms with E-state index in [1.54, 1.807) is 30.6 Å². The lowest BCUT2D eigenvalue weighted by Crippen LogP contribution is -2.30. The van der Waals surface area contributed by atoms with Crippen LogP contribution < -0.4 is 9.64 Å². The monoisotopic (exact) mass is 426 g/mol. The Morgan fingerprint density at radius 1 is 1.12 bits per heavy atom. The van der Waals surface area contributed by atoms with Crippen LogP contribution in [0.15, 0.2) is 66.5 Å². The number of aliphatic hydroxyl groups is 1. The Morgan fingerprint density at radius 3 is 2.72 bits per heavy atom. The number of rotatable bonds is 3. The number of ketones is 1. The molecule has 0 radical (unpaired) electrons. The highest BCUT2D eigenvalue weighted by Crippen LogP contribution is 2.43. The van der Waals surface area contributed by atoms with Crippen LogP contribution in [0.5, 0.6) is 5.75 Å². The summed E-state index contributed by atoms with van der Waals surface area (Å²) >= 11 is 0. The standard InChI is InChI=1S/C26H22N2O4/c1-15-5-7-20(16(2)12-15)28-23(19-4-3-10-27-14-19)22(25(30)26(28)31)24(29)18-6-8-21-17(13-18)9-11-32-21/h3-8,10,12-14,23,29H,9,11H2,1-2H3/b24-22-.